The Morgan fingerprint density at radius 2 is 2.11 bits per heavy atom. The molecule has 0 radical (unpaired) electrons. The van der Waals surface area contributed by atoms with Crippen LogP contribution in [0.3, 0.4) is 0 Å². The van der Waals surface area contributed by atoms with Crippen LogP contribution in [0.1, 0.15) is 32.8 Å². The third kappa shape index (κ3) is 3.18. The van der Waals surface area contributed by atoms with Gasteiger partial charge in [-0.2, -0.15) is 0 Å². The number of nitrogens with one attached hydrogen (secondary N) is 1. The molecule has 0 bridgehead atoms. The first-order valence-electron chi connectivity index (χ1n) is 9.20. The van der Waals surface area contributed by atoms with Crippen LogP contribution in [0, 0.1) is 0 Å². The number of para-hydroxylation sites is 1. The lowest BCUT2D eigenvalue weighted by molar-refractivity contribution is -0.238. The van der Waals surface area contributed by atoms with Gasteiger partial charge in [0.2, 0.25) is 5.91 Å². The SMILES string of the molecule is CC(C)(C)OC(=O)CN1CC2(CN(C3CCONO3)c3ccccc32)C1=O. The van der Waals surface area contributed by atoms with Crippen molar-refractivity contribution in [3.8, 4) is 0 Å². The zero-order valence-electron chi connectivity index (χ0n) is 15.9. The number of esters is 1. The number of amides is 1. The van der Waals surface area contributed by atoms with E-state index in [1.807, 2.05) is 45.0 Å². The third-order valence-electron chi connectivity index (χ3n) is 5.12. The Morgan fingerprint density at radius 3 is 2.78 bits per heavy atom. The first kappa shape index (κ1) is 18.2. The molecule has 2 saturated heterocycles. The molecule has 0 aliphatic carbocycles. The van der Waals surface area contributed by atoms with Crippen LogP contribution >= 0.6 is 0 Å². The topological polar surface area (TPSA) is 80.3 Å². The molecule has 2 atom stereocenters. The Labute approximate surface area is 158 Å². The van der Waals surface area contributed by atoms with E-state index in [1.54, 1.807) is 4.90 Å². The van der Waals surface area contributed by atoms with Gasteiger partial charge in [-0.15, -0.1) is 0 Å². The largest absolute Gasteiger partial charge is 0.459 e. The quantitative estimate of drug-likeness (QED) is 0.626. The van der Waals surface area contributed by atoms with Crippen molar-refractivity contribution in [3.63, 3.8) is 0 Å². The first-order chi connectivity index (χ1) is 12.8. The van der Waals surface area contributed by atoms with Crippen LogP contribution in [0.25, 0.3) is 0 Å². The molecule has 2 fully saturated rings. The Kier molecular flexibility index (Phi) is 4.37. The molecular formula is C19H25N3O5. The zero-order chi connectivity index (χ0) is 19.2. The molecule has 3 aliphatic rings. The predicted molar refractivity (Wildman–Crippen MR) is 96.5 cm³/mol. The summed E-state index contributed by atoms with van der Waals surface area (Å²) < 4.78 is 5.34. The van der Waals surface area contributed by atoms with Crippen LogP contribution in [0.4, 0.5) is 5.69 Å². The molecule has 1 spiro atoms. The van der Waals surface area contributed by atoms with E-state index in [-0.39, 0.29) is 24.6 Å². The van der Waals surface area contributed by atoms with Crippen molar-refractivity contribution in [2.24, 2.45) is 0 Å². The van der Waals surface area contributed by atoms with Crippen molar-refractivity contribution >= 4 is 17.6 Å². The number of ether oxygens (including phenoxy) is 1. The van der Waals surface area contributed by atoms with Gasteiger partial charge in [0.15, 0.2) is 6.23 Å². The van der Waals surface area contributed by atoms with Gasteiger partial charge in [0.1, 0.15) is 17.6 Å². The molecule has 8 nitrogen and oxygen atoms in total. The van der Waals surface area contributed by atoms with Crippen molar-refractivity contribution in [1.29, 1.82) is 0 Å². The van der Waals surface area contributed by atoms with Gasteiger partial charge in [-0.05, 0) is 32.4 Å². The standard InChI is InChI=1S/C19H25N3O5/c1-18(2,3)26-16(23)10-21-11-19(17(21)24)12-22(15-8-9-25-20-27-15)14-7-5-4-6-13(14)19/h4-7,15,20H,8-12H2,1-3H3. The van der Waals surface area contributed by atoms with Crippen LogP contribution < -0.4 is 10.5 Å². The van der Waals surface area contributed by atoms with E-state index in [9.17, 15) is 9.59 Å². The lowest BCUT2D eigenvalue weighted by Gasteiger charge is -2.47. The molecule has 1 N–H and O–H groups in total. The van der Waals surface area contributed by atoms with E-state index in [4.69, 9.17) is 14.4 Å². The molecule has 0 saturated carbocycles. The highest BCUT2D eigenvalue weighted by Gasteiger charge is 2.59. The van der Waals surface area contributed by atoms with Gasteiger partial charge < -0.3 is 14.5 Å². The highest BCUT2D eigenvalue weighted by Crippen LogP contribution is 2.48. The normalized spacial score (nSPS) is 27.5. The molecular weight excluding hydrogens is 350 g/mol. The smallest absolute Gasteiger partial charge is 0.326 e. The predicted octanol–water partition coefficient (Wildman–Crippen LogP) is 1.11. The van der Waals surface area contributed by atoms with Crippen molar-refractivity contribution in [1.82, 2.24) is 10.5 Å². The van der Waals surface area contributed by atoms with Gasteiger partial charge in [-0.25, -0.2) is 0 Å². The fourth-order valence-corrected chi connectivity index (χ4v) is 4.07. The van der Waals surface area contributed by atoms with Crippen LogP contribution in [0.15, 0.2) is 24.3 Å². The van der Waals surface area contributed by atoms with Crippen molar-refractivity contribution in [2.45, 2.75) is 44.4 Å². The van der Waals surface area contributed by atoms with Gasteiger partial charge in [-0.1, -0.05) is 23.8 Å². The van der Waals surface area contributed by atoms with Crippen molar-refractivity contribution in [3.05, 3.63) is 29.8 Å². The molecule has 1 aromatic carbocycles. The van der Waals surface area contributed by atoms with Crippen LogP contribution in [0.5, 0.6) is 0 Å². The van der Waals surface area contributed by atoms with E-state index < -0.39 is 11.0 Å². The van der Waals surface area contributed by atoms with Gasteiger partial charge in [0, 0.05) is 25.2 Å². The molecule has 3 aliphatic heterocycles. The van der Waals surface area contributed by atoms with Crippen LogP contribution in [-0.2, 0) is 29.4 Å². The number of hydrogen-bond acceptors (Lipinski definition) is 7. The maximum absolute atomic E-state index is 13.1. The fraction of sp³-hybridized carbons (Fsp3) is 0.579. The number of hydrogen-bond donors (Lipinski definition) is 1. The summed E-state index contributed by atoms with van der Waals surface area (Å²) in [6.07, 6.45) is 0.500. The summed E-state index contributed by atoms with van der Waals surface area (Å²) in [4.78, 5) is 39.4. The van der Waals surface area contributed by atoms with Crippen molar-refractivity contribution < 1.29 is 24.0 Å². The average molecular weight is 375 g/mol. The van der Waals surface area contributed by atoms with E-state index >= 15 is 0 Å². The second-order valence-electron chi connectivity index (χ2n) is 8.27. The molecule has 3 heterocycles. The lowest BCUT2D eigenvalue weighted by atomic mass is 9.74. The van der Waals surface area contributed by atoms with Gasteiger partial charge >= 0.3 is 5.97 Å². The molecule has 1 aromatic rings. The van der Waals surface area contributed by atoms with Gasteiger partial charge in [0.25, 0.3) is 0 Å². The van der Waals surface area contributed by atoms with Crippen molar-refractivity contribution in [2.75, 3.05) is 31.1 Å². The number of carbonyl (C=O) groups is 2. The highest BCUT2D eigenvalue weighted by molar-refractivity contribution is 6.00. The van der Waals surface area contributed by atoms with E-state index in [0.717, 1.165) is 11.3 Å². The number of β-lactam (4-membered cyclic amide) rings is 1. The summed E-state index contributed by atoms with van der Waals surface area (Å²) in [6, 6.07) is 7.90. The number of nitrogens with zero attached hydrogens (tertiary/aromatic N) is 2. The minimum atomic E-state index is -0.625. The average Bonchev–Trinajstić information content (AvgIpc) is 2.98. The number of carbonyl (C=O) groups excluding carboxylic acids is 2. The summed E-state index contributed by atoms with van der Waals surface area (Å²) in [5, 5.41) is 0. The van der Waals surface area contributed by atoms with E-state index in [0.29, 0.717) is 26.1 Å². The second-order valence-corrected chi connectivity index (χ2v) is 8.27. The molecule has 0 aromatic heterocycles. The Hall–Kier alpha value is -2.16. The molecule has 146 valence electrons. The molecule has 27 heavy (non-hydrogen) atoms. The number of fused-ring (bicyclic) bond motifs is 2. The summed E-state index contributed by atoms with van der Waals surface area (Å²) in [7, 11) is 0. The maximum atomic E-state index is 13.1. The zero-order valence-corrected chi connectivity index (χ0v) is 15.9. The second kappa shape index (κ2) is 6.47. The summed E-state index contributed by atoms with van der Waals surface area (Å²) in [5.74, 6) is -0.422. The lowest BCUT2D eigenvalue weighted by Crippen LogP contribution is -2.67. The highest BCUT2D eigenvalue weighted by atomic mass is 16.9. The summed E-state index contributed by atoms with van der Waals surface area (Å²) >= 11 is 0. The monoisotopic (exact) mass is 375 g/mol. The maximum Gasteiger partial charge on any atom is 0.326 e. The first-order valence-corrected chi connectivity index (χ1v) is 9.20. The van der Waals surface area contributed by atoms with Gasteiger partial charge in [0.05, 0.1) is 6.61 Å². The molecule has 2 unspecified atom stereocenters. The molecule has 4 rings (SSSR count). The molecule has 1 amide bonds. The van der Waals surface area contributed by atoms with Gasteiger partial charge in [-0.3, -0.25) is 19.3 Å². The number of likely N-dealkylation sites (tertiary alicyclic amines) is 1. The number of anilines is 1. The molecule has 8 heteroatoms. The minimum absolute atomic E-state index is 0.0185. The van der Waals surface area contributed by atoms with E-state index in [1.165, 1.54) is 0 Å². The fourth-order valence-electron chi connectivity index (χ4n) is 4.07. The Balaban J connectivity index is 1.51. The number of benzene rings is 1. The summed E-state index contributed by atoms with van der Waals surface area (Å²) in [5.41, 5.74) is 3.28. The minimum Gasteiger partial charge on any atom is -0.459 e. The summed E-state index contributed by atoms with van der Waals surface area (Å²) in [6.45, 7) is 6.99. The van der Waals surface area contributed by atoms with Crippen LogP contribution in [0.2, 0.25) is 0 Å². The van der Waals surface area contributed by atoms with Crippen LogP contribution in [-0.4, -0.2) is 54.8 Å². The third-order valence-corrected chi connectivity index (χ3v) is 5.12. The van der Waals surface area contributed by atoms with E-state index in [2.05, 4.69) is 10.5 Å². The Morgan fingerprint density at radius 1 is 1.33 bits per heavy atom. The Bertz CT molecular complexity index is 756. The number of rotatable bonds is 3.